The van der Waals surface area contributed by atoms with Crippen LogP contribution in [0, 0.1) is 0 Å². The minimum absolute atomic E-state index is 0.0358. The van der Waals surface area contributed by atoms with Gasteiger partial charge in [-0.25, -0.2) is 9.78 Å². The first-order chi connectivity index (χ1) is 19.5. The smallest absolute Gasteiger partial charge is 0.336 e. The van der Waals surface area contributed by atoms with Gasteiger partial charge in [0.1, 0.15) is 5.82 Å². The van der Waals surface area contributed by atoms with Crippen molar-refractivity contribution >= 4 is 28.6 Å². The fourth-order valence-electron chi connectivity index (χ4n) is 5.59. The number of aryl methyl sites for hydroxylation is 1. The first-order valence-electron chi connectivity index (χ1n) is 14.5. The van der Waals surface area contributed by atoms with Crippen LogP contribution in [0.2, 0.25) is 0 Å². The molecule has 1 aliphatic carbocycles. The van der Waals surface area contributed by atoms with E-state index in [-0.39, 0.29) is 12.5 Å². The summed E-state index contributed by atoms with van der Waals surface area (Å²) in [6, 6.07) is 21.6. The number of carbonyl (C=O) groups excluding carboxylic acids is 1. The Bertz CT molecular complexity index is 1470. The molecule has 1 aromatic heterocycles. The lowest BCUT2D eigenvalue weighted by atomic mass is 9.95. The van der Waals surface area contributed by atoms with Crippen LogP contribution in [0.5, 0.6) is 0 Å². The van der Waals surface area contributed by atoms with Crippen LogP contribution in [0.25, 0.3) is 22.2 Å². The van der Waals surface area contributed by atoms with Gasteiger partial charge in [-0.2, -0.15) is 0 Å². The average molecular weight is 539 g/mol. The molecule has 40 heavy (non-hydrogen) atoms. The highest BCUT2D eigenvalue weighted by molar-refractivity contribution is 5.96. The normalized spacial score (nSPS) is 13.8. The van der Waals surface area contributed by atoms with Crippen LogP contribution in [0.15, 0.2) is 66.7 Å². The number of imidazole rings is 1. The van der Waals surface area contributed by atoms with Crippen molar-refractivity contribution in [3.05, 3.63) is 83.7 Å². The molecule has 208 valence electrons. The molecule has 1 aliphatic rings. The van der Waals surface area contributed by atoms with E-state index < -0.39 is 5.97 Å². The van der Waals surface area contributed by atoms with Crippen LogP contribution in [0.1, 0.15) is 73.6 Å². The Morgan fingerprint density at radius 1 is 1.00 bits per heavy atom. The molecule has 1 saturated carbocycles. The molecule has 0 spiro atoms. The second kappa shape index (κ2) is 12.8. The number of fused-ring (bicyclic) bond motifs is 1. The molecule has 1 fully saturated rings. The molecule has 0 unspecified atom stereocenters. The first-order valence-corrected chi connectivity index (χ1v) is 14.5. The fraction of sp³-hybridized carbons (Fsp3) is 0.364. The van der Waals surface area contributed by atoms with E-state index >= 15 is 0 Å². The molecule has 0 saturated heterocycles. The van der Waals surface area contributed by atoms with Crippen molar-refractivity contribution < 1.29 is 14.7 Å². The molecule has 1 heterocycles. The molecule has 0 radical (unpaired) electrons. The monoisotopic (exact) mass is 538 g/mol. The number of aromatic nitrogens is 2. The predicted molar refractivity (Wildman–Crippen MR) is 160 cm³/mol. The van der Waals surface area contributed by atoms with Gasteiger partial charge >= 0.3 is 5.97 Å². The maximum absolute atomic E-state index is 12.5. The van der Waals surface area contributed by atoms with E-state index in [9.17, 15) is 14.7 Å². The number of carboxylic acids is 1. The molecule has 3 N–H and O–H groups in total. The summed E-state index contributed by atoms with van der Waals surface area (Å²) in [6.45, 7) is 3.08. The number of anilines is 1. The Morgan fingerprint density at radius 2 is 1.77 bits per heavy atom. The van der Waals surface area contributed by atoms with E-state index in [0.717, 1.165) is 65.8 Å². The maximum Gasteiger partial charge on any atom is 0.336 e. The van der Waals surface area contributed by atoms with Crippen LogP contribution in [-0.4, -0.2) is 39.1 Å². The third-order valence-electron chi connectivity index (χ3n) is 7.77. The van der Waals surface area contributed by atoms with Gasteiger partial charge in [0.2, 0.25) is 5.91 Å². The molecular formula is C33H38N4O3. The number of carboxylic acid groups (broad SMARTS) is 1. The lowest BCUT2D eigenvalue weighted by molar-refractivity contribution is -0.120. The average Bonchev–Trinajstić information content (AvgIpc) is 3.32. The first kappa shape index (κ1) is 27.4. The predicted octanol–water partition coefficient (Wildman–Crippen LogP) is 6.65. The maximum atomic E-state index is 12.5. The van der Waals surface area contributed by atoms with E-state index in [1.165, 1.54) is 19.3 Å². The van der Waals surface area contributed by atoms with Crippen molar-refractivity contribution in [2.24, 2.45) is 0 Å². The molecule has 5 rings (SSSR count). The Kier molecular flexibility index (Phi) is 8.79. The largest absolute Gasteiger partial charge is 0.478 e. The SMILES string of the molecule is CCCCc1nc2ccc(NCC(=O)NC3CCCCC3)cc2n1Cc1ccc(-c2ccccc2C(=O)O)cc1. The topological polar surface area (TPSA) is 96.3 Å². The number of unbranched alkanes of at least 4 members (excludes halogenated alkanes) is 1. The summed E-state index contributed by atoms with van der Waals surface area (Å²) < 4.78 is 2.26. The van der Waals surface area contributed by atoms with Gasteiger partial charge in [-0.15, -0.1) is 0 Å². The van der Waals surface area contributed by atoms with E-state index in [1.54, 1.807) is 12.1 Å². The molecule has 3 aromatic carbocycles. The second-order valence-electron chi connectivity index (χ2n) is 10.7. The standard InChI is InChI=1S/C33H38N4O3/c1-2-3-13-31-36-29-19-18-26(34-21-32(38)35-25-9-5-4-6-10-25)20-30(29)37(31)22-23-14-16-24(17-15-23)27-11-7-8-12-28(27)33(39)40/h7-8,11-12,14-20,25,34H,2-6,9-10,13,21-22H2,1H3,(H,35,38)(H,39,40). The van der Waals surface area contributed by atoms with E-state index in [1.807, 2.05) is 36.4 Å². The molecule has 0 aliphatic heterocycles. The summed E-state index contributed by atoms with van der Waals surface area (Å²) >= 11 is 0. The van der Waals surface area contributed by atoms with Crippen LogP contribution in [0.3, 0.4) is 0 Å². The van der Waals surface area contributed by atoms with E-state index in [0.29, 0.717) is 23.7 Å². The molecule has 7 nitrogen and oxygen atoms in total. The van der Waals surface area contributed by atoms with Gasteiger partial charge in [0, 0.05) is 24.7 Å². The third kappa shape index (κ3) is 6.53. The number of hydrogen-bond donors (Lipinski definition) is 3. The van der Waals surface area contributed by atoms with Crippen molar-refractivity contribution in [1.29, 1.82) is 0 Å². The fourth-order valence-corrected chi connectivity index (χ4v) is 5.59. The summed E-state index contributed by atoms with van der Waals surface area (Å²) in [5.41, 5.74) is 5.86. The van der Waals surface area contributed by atoms with Gasteiger partial charge in [0.25, 0.3) is 0 Å². The van der Waals surface area contributed by atoms with Crippen LogP contribution >= 0.6 is 0 Å². The quantitative estimate of drug-likeness (QED) is 0.199. The number of benzene rings is 3. The number of nitrogens with zero attached hydrogens (tertiary/aromatic N) is 2. The number of rotatable bonds is 11. The van der Waals surface area contributed by atoms with Gasteiger partial charge in [-0.1, -0.05) is 75.1 Å². The summed E-state index contributed by atoms with van der Waals surface area (Å²) in [5, 5.41) is 16.1. The number of carbonyl (C=O) groups is 2. The minimum Gasteiger partial charge on any atom is -0.478 e. The lowest BCUT2D eigenvalue weighted by Gasteiger charge is -2.22. The Hall–Kier alpha value is -4.13. The molecule has 0 bridgehead atoms. The van der Waals surface area contributed by atoms with Crippen molar-refractivity contribution in [3.8, 4) is 11.1 Å². The van der Waals surface area contributed by atoms with Crippen molar-refractivity contribution in [3.63, 3.8) is 0 Å². The summed E-state index contributed by atoms with van der Waals surface area (Å²) in [4.78, 5) is 29.2. The van der Waals surface area contributed by atoms with Crippen LogP contribution < -0.4 is 10.6 Å². The zero-order chi connectivity index (χ0) is 27.9. The van der Waals surface area contributed by atoms with E-state index in [2.05, 4.69) is 40.3 Å². The van der Waals surface area contributed by atoms with Crippen molar-refractivity contribution in [1.82, 2.24) is 14.9 Å². The highest BCUT2D eigenvalue weighted by Crippen LogP contribution is 2.27. The number of nitrogens with one attached hydrogen (secondary N) is 2. The van der Waals surface area contributed by atoms with Crippen LogP contribution in [0.4, 0.5) is 5.69 Å². The molecule has 4 aromatic rings. The molecular weight excluding hydrogens is 500 g/mol. The van der Waals surface area contributed by atoms with Gasteiger partial charge in [-0.3, -0.25) is 4.79 Å². The zero-order valence-corrected chi connectivity index (χ0v) is 23.2. The van der Waals surface area contributed by atoms with Gasteiger partial charge < -0.3 is 20.3 Å². The number of amides is 1. The number of hydrogen-bond acceptors (Lipinski definition) is 4. The summed E-state index contributed by atoms with van der Waals surface area (Å²) in [5.74, 6) is 0.152. The molecule has 7 heteroatoms. The van der Waals surface area contributed by atoms with Crippen LogP contribution in [-0.2, 0) is 17.8 Å². The lowest BCUT2D eigenvalue weighted by Crippen LogP contribution is -2.39. The molecule has 1 amide bonds. The highest BCUT2D eigenvalue weighted by Gasteiger charge is 2.17. The van der Waals surface area contributed by atoms with E-state index in [4.69, 9.17) is 4.98 Å². The zero-order valence-electron chi connectivity index (χ0n) is 23.2. The second-order valence-corrected chi connectivity index (χ2v) is 10.7. The minimum atomic E-state index is -0.930. The van der Waals surface area contributed by atoms with Gasteiger partial charge in [0.05, 0.1) is 23.1 Å². The highest BCUT2D eigenvalue weighted by atomic mass is 16.4. The third-order valence-corrected chi connectivity index (χ3v) is 7.77. The van der Waals surface area contributed by atoms with Crippen molar-refractivity contribution in [2.75, 3.05) is 11.9 Å². The Morgan fingerprint density at radius 3 is 2.52 bits per heavy atom. The Labute approximate surface area is 235 Å². The van der Waals surface area contributed by atoms with Gasteiger partial charge in [0.15, 0.2) is 0 Å². The summed E-state index contributed by atoms with van der Waals surface area (Å²) in [6.07, 6.45) is 8.83. The Balaban J connectivity index is 1.35. The van der Waals surface area contributed by atoms with Gasteiger partial charge in [-0.05, 0) is 60.2 Å². The molecule has 0 atom stereocenters. The number of aromatic carboxylic acids is 1. The summed E-state index contributed by atoms with van der Waals surface area (Å²) in [7, 11) is 0. The van der Waals surface area contributed by atoms with Crippen molar-refractivity contribution in [2.45, 2.75) is 70.9 Å².